The number of ether oxygens (including phenoxy) is 1. The minimum Gasteiger partial charge on any atom is -0.467 e. The first kappa shape index (κ1) is 33.3. The van der Waals surface area contributed by atoms with E-state index < -0.39 is 76.9 Å². The molecule has 2 fully saturated rings. The van der Waals surface area contributed by atoms with Crippen LogP contribution in [0.2, 0.25) is 0 Å². The van der Waals surface area contributed by atoms with E-state index in [0.717, 1.165) is 43.5 Å². The molecular formula is C30H32F5NO7S2. The van der Waals surface area contributed by atoms with Crippen LogP contribution in [0.15, 0.2) is 47.4 Å². The van der Waals surface area contributed by atoms with Crippen molar-refractivity contribution in [2.24, 2.45) is 11.8 Å². The molecule has 1 saturated heterocycles. The lowest BCUT2D eigenvalue weighted by Crippen LogP contribution is -2.60. The number of alkyl halides is 4. The maximum atomic E-state index is 15.0. The molecule has 1 saturated carbocycles. The topological polar surface area (TPSA) is 124 Å². The normalized spacial score (nSPS) is 27.0. The van der Waals surface area contributed by atoms with E-state index in [1.54, 1.807) is 0 Å². The van der Waals surface area contributed by atoms with Gasteiger partial charge in [-0.2, -0.15) is 13.2 Å². The second-order valence-corrected chi connectivity index (χ2v) is 16.7. The summed E-state index contributed by atoms with van der Waals surface area (Å²) in [5, 5.41) is 2.68. The largest absolute Gasteiger partial charge is 0.467 e. The van der Waals surface area contributed by atoms with Gasteiger partial charge in [-0.05, 0) is 92.3 Å². The molecule has 3 aliphatic rings. The number of amides is 1. The molecule has 2 aromatic carbocycles. The lowest BCUT2D eigenvalue weighted by molar-refractivity contribution is -0.228. The number of aryl methyl sites for hydroxylation is 1. The van der Waals surface area contributed by atoms with E-state index in [1.807, 2.05) is 0 Å². The predicted octanol–water partition coefficient (Wildman–Crippen LogP) is 4.45. The highest BCUT2D eigenvalue weighted by atomic mass is 32.2. The van der Waals surface area contributed by atoms with Gasteiger partial charge in [0.25, 0.3) is 0 Å². The second-order valence-electron chi connectivity index (χ2n) is 12.2. The fourth-order valence-electron chi connectivity index (χ4n) is 7.24. The van der Waals surface area contributed by atoms with Gasteiger partial charge in [-0.3, -0.25) is 4.79 Å². The number of esters is 1. The Balaban J connectivity index is 1.60. The summed E-state index contributed by atoms with van der Waals surface area (Å²) in [5.41, 5.74) is -5.74. The molecule has 5 rings (SSSR count). The van der Waals surface area contributed by atoms with Gasteiger partial charge in [-0.1, -0.05) is 18.2 Å². The minimum absolute atomic E-state index is 0.00293. The molecule has 1 amide bonds. The van der Waals surface area contributed by atoms with Crippen LogP contribution in [-0.2, 0) is 50.8 Å². The van der Waals surface area contributed by atoms with Crippen molar-refractivity contribution < 1.29 is 53.1 Å². The van der Waals surface area contributed by atoms with Crippen LogP contribution in [-0.4, -0.2) is 59.0 Å². The summed E-state index contributed by atoms with van der Waals surface area (Å²) in [5.74, 6) is -4.91. The van der Waals surface area contributed by atoms with E-state index >= 15 is 0 Å². The number of carbonyl (C=O) groups is 2. The monoisotopic (exact) mass is 677 g/mol. The molecule has 0 aromatic heterocycles. The number of methoxy groups -OCH3 is 1. The highest BCUT2D eigenvalue weighted by Gasteiger charge is 2.63. The van der Waals surface area contributed by atoms with Crippen molar-refractivity contribution >= 4 is 31.6 Å². The summed E-state index contributed by atoms with van der Waals surface area (Å²) in [6.07, 6.45) is -5.81. The first-order chi connectivity index (χ1) is 20.8. The number of rotatable bonds is 6. The van der Waals surface area contributed by atoms with Crippen LogP contribution in [0.25, 0.3) is 0 Å². The molecule has 1 aliphatic heterocycles. The summed E-state index contributed by atoms with van der Waals surface area (Å²) in [4.78, 5) is 26.5. The van der Waals surface area contributed by atoms with E-state index in [9.17, 15) is 48.4 Å². The van der Waals surface area contributed by atoms with Crippen LogP contribution in [0, 0.1) is 17.7 Å². The molecule has 2 aromatic rings. The number of halogens is 5. The maximum absolute atomic E-state index is 15.0. The fraction of sp³-hybridized carbons (Fsp3) is 0.533. The first-order valence-electron chi connectivity index (χ1n) is 14.3. The van der Waals surface area contributed by atoms with E-state index in [0.29, 0.717) is 6.92 Å². The maximum Gasteiger partial charge on any atom is 0.426 e. The highest BCUT2D eigenvalue weighted by molar-refractivity contribution is 7.92. The van der Waals surface area contributed by atoms with E-state index in [2.05, 4.69) is 5.32 Å². The Morgan fingerprint density at radius 3 is 2.18 bits per heavy atom. The molecule has 246 valence electrons. The van der Waals surface area contributed by atoms with E-state index in [4.69, 9.17) is 4.74 Å². The van der Waals surface area contributed by atoms with Gasteiger partial charge in [0.05, 0.1) is 23.5 Å². The Morgan fingerprint density at radius 1 is 0.978 bits per heavy atom. The molecular weight excluding hydrogens is 645 g/mol. The summed E-state index contributed by atoms with van der Waals surface area (Å²) in [6, 6.07) is 7.15. The van der Waals surface area contributed by atoms with Crippen molar-refractivity contribution in [2.75, 3.05) is 18.6 Å². The third-order valence-electron chi connectivity index (χ3n) is 9.83. The summed E-state index contributed by atoms with van der Waals surface area (Å²) in [6.45, 7) is 0.384. The van der Waals surface area contributed by atoms with Gasteiger partial charge in [0.15, 0.2) is 19.7 Å². The number of benzene rings is 2. The molecule has 45 heavy (non-hydrogen) atoms. The molecule has 15 heteroatoms. The number of fused-ring (bicyclic) bond motifs is 3. The molecule has 4 atom stereocenters. The van der Waals surface area contributed by atoms with Crippen molar-refractivity contribution in [3.63, 3.8) is 0 Å². The zero-order valence-corrected chi connectivity index (χ0v) is 26.1. The molecule has 0 bridgehead atoms. The Hall–Kier alpha value is -3.07. The fourth-order valence-corrected chi connectivity index (χ4v) is 11.2. The number of hydrogen-bond acceptors (Lipinski definition) is 7. The second kappa shape index (κ2) is 11.0. The van der Waals surface area contributed by atoms with Crippen molar-refractivity contribution in [1.29, 1.82) is 0 Å². The lowest BCUT2D eigenvalue weighted by Gasteiger charge is -2.43. The molecule has 1 heterocycles. The zero-order chi connectivity index (χ0) is 33.2. The minimum atomic E-state index is -5.24. The average Bonchev–Trinajstić information content (AvgIpc) is 3.39. The first-order valence-corrected chi connectivity index (χ1v) is 17.6. The standard InChI is InChI=1S/C30H32F5NO7S2/c1-27(32,30(33,34)35)19-4-10-23-18(17-19)3-9-24-22(11-12-29(23,24)45(41,42)21-7-5-20(31)6-8-21)25(37)36-28(26(38)43-2)13-15-44(39,40)16-14-28/h4-8,10,17,22,24H,3,9,11-16H2,1-2H3,(H,36,37)/t22-,24+,27?,29-/m1/s1. The summed E-state index contributed by atoms with van der Waals surface area (Å²) in [7, 11) is -6.80. The third kappa shape index (κ3) is 5.33. The van der Waals surface area contributed by atoms with Crippen molar-refractivity contribution in [2.45, 2.75) is 72.5 Å². The van der Waals surface area contributed by atoms with Gasteiger partial charge in [0, 0.05) is 5.92 Å². The number of sulfone groups is 2. The van der Waals surface area contributed by atoms with Crippen molar-refractivity contribution in [3.05, 3.63) is 65.0 Å². The quantitative estimate of drug-likeness (QED) is 0.272. The molecule has 1 unspecified atom stereocenters. The third-order valence-corrected chi connectivity index (χ3v) is 14.1. The molecule has 1 N–H and O–H groups in total. The zero-order valence-electron chi connectivity index (χ0n) is 24.4. The van der Waals surface area contributed by atoms with Crippen LogP contribution in [0.4, 0.5) is 22.0 Å². The van der Waals surface area contributed by atoms with Crippen LogP contribution in [0.1, 0.15) is 55.7 Å². The number of hydrogen-bond donors (Lipinski definition) is 1. The molecule has 2 aliphatic carbocycles. The van der Waals surface area contributed by atoms with Gasteiger partial charge >= 0.3 is 12.1 Å². The van der Waals surface area contributed by atoms with Crippen LogP contribution in [0.5, 0.6) is 0 Å². The predicted molar refractivity (Wildman–Crippen MR) is 152 cm³/mol. The van der Waals surface area contributed by atoms with E-state index in [-0.39, 0.29) is 66.1 Å². The van der Waals surface area contributed by atoms with Crippen molar-refractivity contribution in [1.82, 2.24) is 5.32 Å². The van der Waals surface area contributed by atoms with Crippen LogP contribution in [0.3, 0.4) is 0 Å². The molecule has 8 nitrogen and oxygen atoms in total. The summed E-state index contributed by atoms with van der Waals surface area (Å²) < 4.78 is 126. The van der Waals surface area contributed by atoms with Gasteiger partial charge in [-0.25, -0.2) is 30.4 Å². The Morgan fingerprint density at radius 2 is 1.60 bits per heavy atom. The highest BCUT2D eigenvalue weighted by Crippen LogP contribution is 2.59. The number of carbonyl (C=O) groups excluding carboxylic acids is 2. The van der Waals surface area contributed by atoms with Gasteiger partial charge < -0.3 is 10.1 Å². The molecule has 0 spiro atoms. The average molecular weight is 678 g/mol. The van der Waals surface area contributed by atoms with Crippen LogP contribution < -0.4 is 5.32 Å². The van der Waals surface area contributed by atoms with Gasteiger partial charge in [-0.15, -0.1) is 0 Å². The lowest BCUT2D eigenvalue weighted by atomic mass is 9.72. The Labute approximate surface area is 257 Å². The van der Waals surface area contributed by atoms with Gasteiger partial charge in [0.1, 0.15) is 16.1 Å². The Bertz CT molecular complexity index is 1730. The van der Waals surface area contributed by atoms with Gasteiger partial charge in [0.2, 0.25) is 11.6 Å². The Kier molecular flexibility index (Phi) is 8.16. The SMILES string of the molecule is COC(=O)C1(NC(=O)[C@@H]2CC[C@@]3(S(=O)(=O)c4ccc(F)cc4)c4ccc(C(C)(F)C(F)(F)F)cc4CC[C@@H]23)CCS(=O)(=O)CC1. The summed E-state index contributed by atoms with van der Waals surface area (Å²) >= 11 is 0. The van der Waals surface area contributed by atoms with E-state index in [1.165, 1.54) is 6.07 Å². The van der Waals surface area contributed by atoms with Crippen LogP contribution >= 0.6 is 0 Å². The molecule has 0 radical (unpaired) electrons. The smallest absolute Gasteiger partial charge is 0.426 e. The van der Waals surface area contributed by atoms with Crippen molar-refractivity contribution in [3.8, 4) is 0 Å². The number of nitrogens with one attached hydrogen (secondary N) is 1.